The number of nitrogens with zero attached hydrogens (tertiary/aromatic N) is 3. The molecule has 0 unspecified atom stereocenters. The van der Waals surface area contributed by atoms with Gasteiger partial charge in [0.25, 0.3) is 5.56 Å². The number of hydrogen-bond acceptors (Lipinski definition) is 5. The summed E-state index contributed by atoms with van der Waals surface area (Å²) in [6, 6.07) is 7.54. The SMILES string of the molecule is CCCCOC(=O)N1CCC(CN2CCC(c3nc4ccccc4c(=O)[nH]3)CC2)CC1. The molecule has 7 nitrogen and oxygen atoms in total. The summed E-state index contributed by atoms with van der Waals surface area (Å²) in [5.74, 6) is 1.78. The van der Waals surface area contributed by atoms with Gasteiger partial charge in [0.1, 0.15) is 5.82 Å². The van der Waals surface area contributed by atoms with Gasteiger partial charge >= 0.3 is 6.09 Å². The molecule has 0 radical (unpaired) electrons. The fourth-order valence-electron chi connectivity index (χ4n) is 4.75. The predicted molar refractivity (Wildman–Crippen MR) is 121 cm³/mol. The summed E-state index contributed by atoms with van der Waals surface area (Å²) in [5.41, 5.74) is 0.742. The number of fused-ring (bicyclic) bond motifs is 1. The van der Waals surface area contributed by atoms with Crippen LogP contribution in [0.4, 0.5) is 4.79 Å². The quantitative estimate of drug-likeness (QED) is 0.712. The van der Waals surface area contributed by atoms with Gasteiger partial charge in [0.05, 0.1) is 17.5 Å². The number of rotatable bonds is 6. The maximum Gasteiger partial charge on any atom is 0.409 e. The largest absolute Gasteiger partial charge is 0.449 e. The van der Waals surface area contributed by atoms with Crippen molar-refractivity contribution in [2.24, 2.45) is 5.92 Å². The summed E-state index contributed by atoms with van der Waals surface area (Å²) >= 11 is 0. The zero-order chi connectivity index (χ0) is 21.6. The van der Waals surface area contributed by atoms with Crippen molar-refractivity contribution in [2.45, 2.75) is 51.4 Å². The lowest BCUT2D eigenvalue weighted by Gasteiger charge is -2.37. The van der Waals surface area contributed by atoms with E-state index in [-0.39, 0.29) is 11.7 Å². The Bertz CT molecular complexity index is 928. The van der Waals surface area contributed by atoms with Crippen LogP contribution in [0.2, 0.25) is 0 Å². The Morgan fingerprint density at radius 3 is 2.61 bits per heavy atom. The van der Waals surface area contributed by atoms with E-state index in [4.69, 9.17) is 9.72 Å². The van der Waals surface area contributed by atoms with Crippen LogP contribution in [0.15, 0.2) is 29.1 Å². The number of H-pyrrole nitrogens is 1. The summed E-state index contributed by atoms with van der Waals surface area (Å²) in [7, 11) is 0. The van der Waals surface area contributed by atoms with Crippen LogP contribution < -0.4 is 5.56 Å². The van der Waals surface area contributed by atoms with Gasteiger partial charge in [-0.25, -0.2) is 9.78 Å². The summed E-state index contributed by atoms with van der Waals surface area (Å²) in [6.07, 6.45) is 5.95. The molecule has 0 spiro atoms. The maximum absolute atomic E-state index is 12.4. The molecule has 1 aromatic heterocycles. The Morgan fingerprint density at radius 2 is 1.87 bits per heavy atom. The number of hydrogen-bond donors (Lipinski definition) is 1. The number of likely N-dealkylation sites (tertiary alicyclic amines) is 2. The number of ether oxygens (including phenoxy) is 1. The molecule has 1 N–H and O–H groups in total. The number of unbranched alkanes of at least 4 members (excludes halogenated alkanes) is 1. The van der Waals surface area contributed by atoms with Crippen molar-refractivity contribution >= 4 is 17.0 Å². The molecule has 0 atom stereocenters. The minimum absolute atomic E-state index is 0.0389. The van der Waals surface area contributed by atoms with E-state index < -0.39 is 0 Å². The van der Waals surface area contributed by atoms with Crippen LogP contribution in [-0.4, -0.2) is 65.2 Å². The normalized spacial score (nSPS) is 19.1. The van der Waals surface area contributed by atoms with E-state index in [2.05, 4.69) is 16.8 Å². The van der Waals surface area contributed by atoms with Crippen molar-refractivity contribution < 1.29 is 9.53 Å². The van der Waals surface area contributed by atoms with Crippen molar-refractivity contribution in [1.29, 1.82) is 0 Å². The Morgan fingerprint density at radius 1 is 1.13 bits per heavy atom. The highest BCUT2D eigenvalue weighted by atomic mass is 16.6. The molecule has 2 aromatic rings. The Kier molecular flexibility index (Phi) is 7.22. The molecule has 1 aromatic carbocycles. The van der Waals surface area contributed by atoms with Crippen LogP contribution in [-0.2, 0) is 4.74 Å². The second kappa shape index (κ2) is 10.3. The third-order valence-electron chi connectivity index (χ3n) is 6.72. The highest BCUT2D eigenvalue weighted by molar-refractivity contribution is 5.77. The summed E-state index contributed by atoms with van der Waals surface area (Å²) in [6.45, 7) is 7.37. The van der Waals surface area contributed by atoms with Gasteiger partial charge in [-0.1, -0.05) is 25.5 Å². The van der Waals surface area contributed by atoms with Gasteiger partial charge in [-0.2, -0.15) is 0 Å². The number of aromatic nitrogens is 2. The Labute approximate surface area is 183 Å². The van der Waals surface area contributed by atoms with Gasteiger partial charge in [-0.3, -0.25) is 4.79 Å². The molecule has 7 heteroatoms. The zero-order valence-electron chi connectivity index (χ0n) is 18.5. The van der Waals surface area contributed by atoms with E-state index in [1.807, 2.05) is 29.2 Å². The first-order chi connectivity index (χ1) is 15.1. The highest BCUT2D eigenvalue weighted by Gasteiger charge is 2.28. The van der Waals surface area contributed by atoms with E-state index in [9.17, 15) is 9.59 Å². The summed E-state index contributed by atoms with van der Waals surface area (Å²) in [4.78, 5) is 36.6. The van der Waals surface area contributed by atoms with Gasteiger partial charge in [-0.05, 0) is 63.2 Å². The lowest BCUT2D eigenvalue weighted by molar-refractivity contribution is 0.0788. The average molecular weight is 427 g/mol. The molecule has 2 aliphatic rings. The third-order valence-corrected chi connectivity index (χ3v) is 6.72. The first kappa shape index (κ1) is 21.8. The molecule has 2 saturated heterocycles. The number of nitrogens with one attached hydrogen (secondary N) is 1. The second-order valence-corrected chi connectivity index (χ2v) is 8.94. The van der Waals surface area contributed by atoms with Crippen molar-refractivity contribution in [3.63, 3.8) is 0 Å². The van der Waals surface area contributed by atoms with Gasteiger partial charge < -0.3 is 19.5 Å². The standard InChI is InChI=1S/C24H34N4O3/c1-2-3-16-31-24(30)28-14-8-18(9-15-28)17-27-12-10-19(11-13-27)22-25-21-7-5-4-6-20(21)23(29)26-22/h4-7,18-19H,2-3,8-17H2,1H3,(H,25,26,29). The first-order valence-electron chi connectivity index (χ1n) is 11.8. The van der Waals surface area contributed by atoms with Crippen molar-refractivity contribution in [2.75, 3.05) is 39.3 Å². The number of para-hydroxylation sites is 1. The van der Waals surface area contributed by atoms with Gasteiger partial charge in [-0.15, -0.1) is 0 Å². The van der Waals surface area contributed by atoms with E-state index in [0.29, 0.717) is 23.8 Å². The van der Waals surface area contributed by atoms with Gasteiger partial charge in [0, 0.05) is 25.6 Å². The smallest absolute Gasteiger partial charge is 0.409 e. The Balaban J connectivity index is 1.23. The minimum Gasteiger partial charge on any atom is -0.449 e. The Hall–Kier alpha value is -2.41. The summed E-state index contributed by atoms with van der Waals surface area (Å²) in [5, 5.41) is 0.657. The van der Waals surface area contributed by atoms with Gasteiger partial charge in [0.15, 0.2) is 0 Å². The first-order valence-corrected chi connectivity index (χ1v) is 11.8. The lowest BCUT2D eigenvalue weighted by atomic mass is 9.92. The minimum atomic E-state index is -0.149. The van der Waals surface area contributed by atoms with Crippen LogP contribution in [0.3, 0.4) is 0 Å². The second-order valence-electron chi connectivity index (χ2n) is 8.94. The number of carbonyl (C=O) groups excluding carboxylic acids is 1. The average Bonchev–Trinajstić information content (AvgIpc) is 2.80. The molecule has 4 rings (SSSR count). The molecule has 0 aliphatic carbocycles. The van der Waals surface area contributed by atoms with Gasteiger partial charge in [0.2, 0.25) is 0 Å². The van der Waals surface area contributed by atoms with E-state index in [1.54, 1.807) is 0 Å². The molecule has 0 bridgehead atoms. The topological polar surface area (TPSA) is 78.5 Å². The molecule has 3 heterocycles. The van der Waals surface area contributed by atoms with Crippen molar-refractivity contribution in [3.8, 4) is 0 Å². The fourth-order valence-corrected chi connectivity index (χ4v) is 4.75. The van der Waals surface area contributed by atoms with Crippen LogP contribution in [0.1, 0.15) is 57.2 Å². The van der Waals surface area contributed by atoms with Crippen LogP contribution >= 0.6 is 0 Å². The van der Waals surface area contributed by atoms with E-state index in [1.165, 1.54) is 0 Å². The number of piperidine rings is 2. The molecular weight excluding hydrogens is 392 g/mol. The molecule has 31 heavy (non-hydrogen) atoms. The summed E-state index contributed by atoms with van der Waals surface area (Å²) < 4.78 is 5.34. The number of aromatic amines is 1. The molecule has 1 amide bonds. The molecule has 0 saturated carbocycles. The van der Waals surface area contributed by atoms with Crippen molar-refractivity contribution in [3.05, 3.63) is 40.4 Å². The predicted octanol–water partition coefficient (Wildman–Crippen LogP) is 3.75. The maximum atomic E-state index is 12.4. The van der Waals surface area contributed by atoms with Crippen molar-refractivity contribution in [1.82, 2.24) is 19.8 Å². The van der Waals surface area contributed by atoms with E-state index in [0.717, 1.165) is 82.6 Å². The number of carbonyl (C=O) groups is 1. The third kappa shape index (κ3) is 5.45. The molecule has 2 fully saturated rings. The highest BCUT2D eigenvalue weighted by Crippen LogP contribution is 2.28. The van der Waals surface area contributed by atoms with Crippen LogP contribution in [0.5, 0.6) is 0 Å². The van der Waals surface area contributed by atoms with Crippen LogP contribution in [0.25, 0.3) is 10.9 Å². The molecular formula is C24H34N4O3. The molecule has 168 valence electrons. The fraction of sp³-hybridized carbons (Fsp3) is 0.625. The van der Waals surface area contributed by atoms with E-state index >= 15 is 0 Å². The number of benzene rings is 1. The number of amides is 1. The molecule has 2 aliphatic heterocycles. The van der Waals surface area contributed by atoms with Crippen LogP contribution in [0, 0.1) is 5.92 Å². The lowest BCUT2D eigenvalue weighted by Crippen LogP contribution is -2.43. The monoisotopic (exact) mass is 426 g/mol. The zero-order valence-corrected chi connectivity index (χ0v) is 18.5.